The minimum atomic E-state index is -0.0169. The Balaban J connectivity index is 2.44. The predicted molar refractivity (Wildman–Crippen MR) is 70.6 cm³/mol. The highest BCUT2D eigenvalue weighted by Gasteiger charge is 2.04. The molecule has 0 aromatic carbocycles. The smallest absolute Gasteiger partial charge is 0.223 e. The maximum atomic E-state index is 11.4. The van der Waals surface area contributed by atoms with Gasteiger partial charge in [-0.2, -0.15) is 9.97 Å². The highest BCUT2D eigenvalue weighted by atomic mass is 16.1. The van der Waals surface area contributed by atoms with Crippen molar-refractivity contribution in [1.82, 2.24) is 15.3 Å². The number of nitrogens with zero attached hydrogens (tertiary/aromatic N) is 2. The average Bonchev–Trinajstić information content (AvgIpc) is 2.27. The van der Waals surface area contributed by atoms with Gasteiger partial charge in [-0.05, 0) is 13.8 Å². The molecule has 1 amide bonds. The Hall–Kier alpha value is -2.09. The molecule has 8 nitrogen and oxygen atoms in total. The maximum absolute atomic E-state index is 11.4. The van der Waals surface area contributed by atoms with E-state index in [1.807, 2.05) is 13.8 Å². The molecule has 0 saturated carbocycles. The van der Waals surface area contributed by atoms with Gasteiger partial charge in [0.15, 0.2) is 0 Å². The van der Waals surface area contributed by atoms with E-state index in [-0.39, 0.29) is 17.9 Å². The monoisotopic (exact) mass is 253 g/mol. The SMILES string of the molecule is CC(C)NC(=O)CCNc1cc(NN)nc(N)n1. The van der Waals surface area contributed by atoms with Crippen LogP contribution in [0.5, 0.6) is 0 Å². The summed E-state index contributed by atoms with van der Waals surface area (Å²) in [4.78, 5) is 19.2. The standard InChI is InChI=1S/C10H19N7O/c1-6(2)14-9(18)3-4-13-7-5-8(17-12)16-10(11)15-7/h5-6H,3-4,12H2,1-2H3,(H,14,18)(H4,11,13,15,16,17). The minimum Gasteiger partial charge on any atom is -0.369 e. The van der Waals surface area contributed by atoms with Gasteiger partial charge >= 0.3 is 0 Å². The van der Waals surface area contributed by atoms with Crippen molar-refractivity contribution in [3.05, 3.63) is 6.07 Å². The first-order chi connectivity index (χ1) is 8.51. The zero-order valence-corrected chi connectivity index (χ0v) is 10.5. The summed E-state index contributed by atoms with van der Waals surface area (Å²) in [5, 5.41) is 5.77. The Morgan fingerprint density at radius 1 is 1.39 bits per heavy atom. The fraction of sp³-hybridized carbons (Fsp3) is 0.500. The number of nitrogens with two attached hydrogens (primary N) is 2. The Morgan fingerprint density at radius 2 is 2.06 bits per heavy atom. The number of hydrogen-bond donors (Lipinski definition) is 5. The van der Waals surface area contributed by atoms with E-state index in [0.717, 1.165) is 0 Å². The van der Waals surface area contributed by atoms with Gasteiger partial charge < -0.3 is 21.8 Å². The summed E-state index contributed by atoms with van der Waals surface area (Å²) in [6.07, 6.45) is 0.355. The van der Waals surface area contributed by atoms with Crippen LogP contribution in [-0.4, -0.2) is 28.5 Å². The van der Waals surface area contributed by atoms with Crippen LogP contribution in [0.3, 0.4) is 0 Å². The summed E-state index contributed by atoms with van der Waals surface area (Å²) >= 11 is 0. The zero-order chi connectivity index (χ0) is 13.5. The van der Waals surface area contributed by atoms with Crippen molar-refractivity contribution < 1.29 is 4.79 Å². The van der Waals surface area contributed by atoms with Gasteiger partial charge in [0.25, 0.3) is 0 Å². The first-order valence-electron chi connectivity index (χ1n) is 5.65. The van der Waals surface area contributed by atoms with E-state index in [2.05, 4.69) is 26.0 Å². The average molecular weight is 253 g/mol. The molecular formula is C10H19N7O. The fourth-order valence-corrected chi connectivity index (χ4v) is 1.33. The van der Waals surface area contributed by atoms with Crippen LogP contribution in [0, 0.1) is 0 Å². The molecule has 8 heteroatoms. The molecule has 0 atom stereocenters. The summed E-state index contributed by atoms with van der Waals surface area (Å²) in [6, 6.07) is 1.75. The van der Waals surface area contributed by atoms with Crippen molar-refractivity contribution in [1.29, 1.82) is 0 Å². The molecule has 1 aromatic rings. The lowest BCUT2D eigenvalue weighted by Crippen LogP contribution is -2.31. The molecule has 0 radical (unpaired) electrons. The van der Waals surface area contributed by atoms with E-state index in [1.165, 1.54) is 0 Å². The molecule has 0 aliphatic heterocycles. The van der Waals surface area contributed by atoms with Crippen LogP contribution in [0.4, 0.5) is 17.6 Å². The van der Waals surface area contributed by atoms with Crippen LogP contribution in [-0.2, 0) is 4.79 Å². The number of hydrazine groups is 1. The number of nitrogens with one attached hydrogen (secondary N) is 3. The number of hydrogen-bond acceptors (Lipinski definition) is 7. The van der Waals surface area contributed by atoms with E-state index in [0.29, 0.717) is 24.6 Å². The quantitative estimate of drug-likeness (QED) is 0.346. The van der Waals surface area contributed by atoms with Crippen LogP contribution in [0.25, 0.3) is 0 Å². The first kappa shape index (κ1) is 14.0. The summed E-state index contributed by atoms with van der Waals surface area (Å²) < 4.78 is 0. The summed E-state index contributed by atoms with van der Waals surface area (Å²) in [6.45, 7) is 4.28. The first-order valence-corrected chi connectivity index (χ1v) is 5.65. The lowest BCUT2D eigenvalue weighted by molar-refractivity contribution is -0.121. The van der Waals surface area contributed by atoms with E-state index >= 15 is 0 Å². The molecule has 1 heterocycles. The number of rotatable bonds is 6. The zero-order valence-electron chi connectivity index (χ0n) is 10.5. The van der Waals surface area contributed by atoms with Crippen LogP contribution >= 0.6 is 0 Å². The number of aromatic nitrogens is 2. The van der Waals surface area contributed by atoms with Gasteiger partial charge in [-0.15, -0.1) is 0 Å². The molecule has 0 saturated heterocycles. The molecule has 0 aliphatic rings. The molecule has 7 N–H and O–H groups in total. The van der Waals surface area contributed by atoms with Crippen molar-refractivity contribution in [2.75, 3.05) is 23.0 Å². The molecule has 0 fully saturated rings. The predicted octanol–water partition coefficient (Wildman–Crippen LogP) is -0.329. The van der Waals surface area contributed by atoms with Gasteiger partial charge in [-0.1, -0.05) is 0 Å². The van der Waals surface area contributed by atoms with Crippen LogP contribution < -0.4 is 27.6 Å². The highest BCUT2D eigenvalue weighted by Crippen LogP contribution is 2.10. The second-order valence-corrected chi connectivity index (χ2v) is 4.04. The Kier molecular flexibility index (Phi) is 5.12. The molecule has 0 unspecified atom stereocenters. The largest absolute Gasteiger partial charge is 0.369 e. The molecule has 0 spiro atoms. The number of carbonyl (C=O) groups is 1. The third-order valence-corrected chi connectivity index (χ3v) is 2.00. The molecule has 18 heavy (non-hydrogen) atoms. The third kappa shape index (κ3) is 4.83. The summed E-state index contributed by atoms with van der Waals surface area (Å²) in [5.41, 5.74) is 7.88. The van der Waals surface area contributed by atoms with Gasteiger partial charge in [-0.25, -0.2) is 5.84 Å². The Labute approximate surface area is 106 Å². The number of anilines is 3. The van der Waals surface area contributed by atoms with Crippen molar-refractivity contribution in [3.63, 3.8) is 0 Å². The number of carbonyl (C=O) groups excluding carboxylic acids is 1. The van der Waals surface area contributed by atoms with E-state index in [9.17, 15) is 4.79 Å². The minimum absolute atomic E-state index is 0.0169. The van der Waals surface area contributed by atoms with Crippen molar-refractivity contribution in [3.8, 4) is 0 Å². The summed E-state index contributed by atoms with van der Waals surface area (Å²) in [7, 11) is 0. The maximum Gasteiger partial charge on any atom is 0.223 e. The van der Waals surface area contributed by atoms with Crippen LogP contribution in [0.15, 0.2) is 6.07 Å². The molecule has 1 rings (SSSR count). The lowest BCUT2D eigenvalue weighted by Gasteiger charge is -2.10. The Morgan fingerprint density at radius 3 is 2.67 bits per heavy atom. The van der Waals surface area contributed by atoms with Crippen LogP contribution in [0.1, 0.15) is 20.3 Å². The highest BCUT2D eigenvalue weighted by molar-refractivity contribution is 5.76. The molecule has 1 aromatic heterocycles. The second-order valence-electron chi connectivity index (χ2n) is 4.04. The van der Waals surface area contributed by atoms with Gasteiger partial charge in [-0.3, -0.25) is 4.79 Å². The number of nitrogen functional groups attached to an aromatic ring is 2. The molecular weight excluding hydrogens is 234 g/mol. The third-order valence-electron chi connectivity index (χ3n) is 2.00. The number of amides is 1. The van der Waals surface area contributed by atoms with Gasteiger partial charge in [0.05, 0.1) is 0 Å². The van der Waals surface area contributed by atoms with Crippen molar-refractivity contribution >= 4 is 23.5 Å². The second kappa shape index (κ2) is 6.60. The fourth-order valence-electron chi connectivity index (χ4n) is 1.33. The topological polar surface area (TPSA) is 131 Å². The molecule has 0 bridgehead atoms. The van der Waals surface area contributed by atoms with Gasteiger partial charge in [0.2, 0.25) is 11.9 Å². The van der Waals surface area contributed by atoms with Gasteiger partial charge in [0, 0.05) is 25.1 Å². The summed E-state index contributed by atoms with van der Waals surface area (Å²) in [5.74, 6) is 6.26. The van der Waals surface area contributed by atoms with E-state index < -0.39 is 0 Å². The van der Waals surface area contributed by atoms with E-state index in [1.54, 1.807) is 6.07 Å². The van der Waals surface area contributed by atoms with Crippen molar-refractivity contribution in [2.45, 2.75) is 26.3 Å². The molecule has 0 aliphatic carbocycles. The van der Waals surface area contributed by atoms with Crippen LogP contribution in [0.2, 0.25) is 0 Å². The lowest BCUT2D eigenvalue weighted by atomic mass is 10.3. The van der Waals surface area contributed by atoms with Gasteiger partial charge in [0.1, 0.15) is 11.6 Å². The molecule has 100 valence electrons. The van der Waals surface area contributed by atoms with Crippen molar-refractivity contribution in [2.24, 2.45) is 5.84 Å². The van der Waals surface area contributed by atoms with E-state index in [4.69, 9.17) is 11.6 Å². The normalized spacial score (nSPS) is 10.2. The Bertz CT molecular complexity index is 407.